The van der Waals surface area contributed by atoms with Gasteiger partial charge in [0.15, 0.2) is 11.5 Å². The third kappa shape index (κ3) is 2.24. The fraction of sp³-hybridized carbons (Fsp3) is 0.231. The van der Waals surface area contributed by atoms with E-state index in [-0.39, 0.29) is 5.56 Å². The fourth-order valence-corrected chi connectivity index (χ4v) is 1.91. The highest BCUT2D eigenvalue weighted by atomic mass is 16.5. The first kappa shape index (κ1) is 12.9. The Morgan fingerprint density at radius 3 is 2.47 bits per heavy atom. The number of aromatic carboxylic acids is 1. The van der Waals surface area contributed by atoms with Gasteiger partial charge in [0.25, 0.3) is 0 Å². The Bertz CT molecular complexity index is 619. The maximum absolute atomic E-state index is 11.2. The summed E-state index contributed by atoms with van der Waals surface area (Å²) >= 11 is 0. The van der Waals surface area contributed by atoms with E-state index in [0.29, 0.717) is 17.1 Å². The molecular weight excluding hydrogens is 248 g/mol. The minimum Gasteiger partial charge on any atom is -0.493 e. The minimum atomic E-state index is -1.02. The maximum atomic E-state index is 11.2. The molecule has 2 aromatic rings. The van der Waals surface area contributed by atoms with Gasteiger partial charge >= 0.3 is 5.97 Å². The van der Waals surface area contributed by atoms with E-state index in [1.54, 1.807) is 12.3 Å². The Kier molecular flexibility index (Phi) is 3.41. The van der Waals surface area contributed by atoms with Gasteiger partial charge in [0, 0.05) is 16.8 Å². The zero-order valence-electron chi connectivity index (χ0n) is 10.9. The molecule has 0 bridgehead atoms. The quantitative estimate of drug-likeness (QED) is 0.881. The lowest BCUT2D eigenvalue weighted by molar-refractivity contribution is 0.0696. The third-order valence-electron chi connectivity index (χ3n) is 2.85. The number of nitrogens with zero attached hydrogens (tertiary/aromatic N) is 1. The van der Waals surface area contributed by atoms with Gasteiger partial charge in [-0.05, 0) is 19.1 Å². The van der Waals surface area contributed by atoms with Crippen molar-refractivity contribution in [1.82, 2.24) is 10.2 Å². The zero-order chi connectivity index (χ0) is 14.0. The summed E-state index contributed by atoms with van der Waals surface area (Å²) in [6, 6.07) is 2.97. The Morgan fingerprint density at radius 2 is 2.00 bits per heavy atom. The normalized spacial score (nSPS) is 10.3. The summed E-state index contributed by atoms with van der Waals surface area (Å²) < 4.78 is 10.5. The van der Waals surface area contributed by atoms with E-state index < -0.39 is 5.97 Å². The molecule has 1 aromatic carbocycles. The molecule has 0 saturated carbocycles. The number of methoxy groups -OCH3 is 2. The number of rotatable bonds is 4. The first-order chi connectivity index (χ1) is 9.08. The largest absolute Gasteiger partial charge is 0.493 e. The van der Waals surface area contributed by atoms with Crippen LogP contribution in [0, 0.1) is 6.92 Å². The molecule has 0 unspecified atom stereocenters. The number of benzene rings is 1. The average molecular weight is 262 g/mol. The molecule has 0 atom stereocenters. The number of hydrogen-bond donors (Lipinski definition) is 2. The van der Waals surface area contributed by atoms with E-state index in [1.807, 2.05) is 6.92 Å². The van der Waals surface area contributed by atoms with Crippen molar-refractivity contribution >= 4 is 5.97 Å². The summed E-state index contributed by atoms with van der Waals surface area (Å²) in [5, 5.41) is 15.9. The highest BCUT2D eigenvalue weighted by Crippen LogP contribution is 2.39. The van der Waals surface area contributed by atoms with Crippen molar-refractivity contribution in [2.24, 2.45) is 0 Å². The second kappa shape index (κ2) is 5.01. The van der Waals surface area contributed by atoms with Crippen molar-refractivity contribution < 1.29 is 19.4 Å². The number of aromatic amines is 1. The van der Waals surface area contributed by atoms with Crippen LogP contribution in [-0.2, 0) is 0 Å². The second-order valence-corrected chi connectivity index (χ2v) is 3.97. The van der Waals surface area contributed by atoms with E-state index in [0.717, 1.165) is 11.3 Å². The SMILES string of the molecule is COc1cc(C(=O)O)cc(-c2cn[nH]c2C)c1OC. The molecule has 0 aliphatic rings. The number of ether oxygens (including phenoxy) is 2. The molecule has 0 fully saturated rings. The molecule has 0 radical (unpaired) electrons. The monoisotopic (exact) mass is 262 g/mol. The fourth-order valence-electron chi connectivity index (χ4n) is 1.91. The molecule has 0 aliphatic carbocycles. The van der Waals surface area contributed by atoms with Crippen LogP contribution in [0.3, 0.4) is 0 Å². The van der Waals surface area contributed by atoms with Gasteiger partial charge in [0.1, 0.15) is 0 Å². The number of aryl methyl sites for hydroxylation is 1. The maximum Gasteiger partial charge on any atom is 0.335 e. The molecule has 0 spiro atoms. The Hall–Kier alpha value is -2.50. The van der Waals surface area contributed by atoms with Gasteiger partial charge in [-0.25, -0.2) is 4.79 Å². The number of carbonyl (C=O) groups is 1. The first-order valence-electron chi connectivity index (χ1n) is 5.58. The van der Waals surface area contributed by atoms with Crippen molar-refractivity contribution in [3.63, 3.8) is 0 Å². The smallest absolute Gasteiger partial charge is 0.335 e. The van der Waals surface area contributed by atoms with Crippen molar-refractivity contribution in [2.75, 3.05) is 14.2 Å². The van der Waals surface area contributed by atoms with Crippen LogP contribution in [-0.4, -0.2) is 35.5 Å². The van der Waals surface area contributed by atoms with Crippen LogP contribution in [0.25, 0.3) is 11.1 Å². The lowest BCUT2D eigenvalue weighted by Crippen LogP contribution is -2.01. The lowest BCUT2D eigenvalue weighted by atomic mass is 10.0. The summed E-state index contributed by atoms with van der Waals surface area (Å²) in [5.74, 6) is -0.168. The third-order valence-corrected chi connectivity index (χ3v) is 2.85. The van der Waals surface area contributed by atoms with E-state index in [1.165, 1.54) is 20.3 Å². The van der Waals surface area contributed by atoms with Crippen LogP contribution in [0.1, 0.15) is 16.1 Å². The van der Waals surface area contributed by atoms with Crippen LogP contribution >= 0.6 is 0 Å². The van der Waals surface area contributed by atoms with Crippen LogP contribution < -0.4 is 9.47 Å². The minimum absolute atomic E-state index is 0.133. The molecule has 100 valence electrons. The van der Waals surface area contributed by atoms with E-state index in [9.17, 15) is 4.79 Å². The molecule has 2 rings (SSSR count). The van der Waals surface area contributed by atoms with Crippen LogP contribution in [0.2, 0.25) is 0 Å². The number of carboxylic acids is 1. The highest BCUT2D eigenvalue weighted by molar-refractivity contribution is 5.92. The van der Waals surface area contributed by atoms with Gasteiger partial charge in [-0.1, -0.05) is 0 Å². The van der Waals surface area contributed by atoms with Gasteiger partial charge in [-0.3, -0.25) is 5.10 Å². The molecule has 0 amide bonds. The summed E-state index contributed by atoms with van der Waals surface area (Å²) in [7, 11) is 2.98. The molecule has 6 heteroatoms. The van der Waals surface area contributed by atoms with Gasteiger partial charge in [0.2, 0.25) is 0 Å². The first-order valence-corrected chi connectivity index (χ1v) is 5.58. The van der Waals surface area contributed by atoms with Crippen LogP contribution in [0.15, 0.2) is 18.3 Å². The van der Waals surface area contributed by atoms with E-state index in [4.69, 9.17) is 14.6 Å². The van der Waals surface area contributed by atoms with Gasteiger partial charge in [0.05, 0.1) is 26.0 Å². The summed E-state index contributed by atoms with van der Waals surface area (Å²) in [4.78, 5) is 11.2. The Morgan fingerprint density at radius 1 is 1.26 bits per heavy atom. The number of carboxylic acid groups (broad SMARTS) is 1. The zero-order valence-corrected chi connectivity index (χ0v) is 10.9. The number of hydrogen-bond acceptors (Lipinski definition) is 4. The van der Waals surface area contributed by atoms with E-state index in [2.05, 4.69) is 10.2 Å². The highest BCUT2D eigenvalue weighted by Gasteiger charge is 2.18. The van der Waals surface area contributed by atoms with Crippen LogP contribution in [0.5, 0.6) is 11.5 Å². The van der Waals surface area contributed by atoms with Gasteiger partial charge < -0.3 is 14.6 Å². The summed E-state index contributed by atoms with van der Waals surface area (Å²) in [6.07, 6.45) is 1.62. The van der Waals surface area contributed by atoms with Crippen molar-refractivity contribution in [3.05, 3.63) is 29.6 Å². The molecule has 6 nitrogen and oxygen atoms in total. The van der Waals surface area contributed by atoms with Gasteiger partial charge in [-0.15, -0.1) is 0 Å². The van der Waals surface area contributed by atoms with Crippen LogP contribution in [0.4, 0.5) is 0 Å². The predicted molar refractivity (Wildman–Crippen MR) is 68.8 cm³/mol. The molecule has 19 heavy (non-hydrogen) atoms. The molecule has 1 heterocycles. The molecular formula is C13H14N2O4. The average Bonchev–Trinajstić information content (AvgIpc) is 2.82. The lowest BCUT2D eigenvalue weighted by Gasteiger charge is -2.13. The second-order valence-electron chi connectivity index (χ2n) is 3.97. The number of nitrogens with one attached hydrogen (secondary N) is 1. The van der Waals surface area contributed by atoms with Crippen molar-refractivity contribution in [1.29, 1.82) is 0 Å². The van der Waals surface area contributed by atoms with Crippen molar-refractivity contribution in [2.45, 2.75) is 6.92 Å². The Labute approximate surface area is 110 Å². The summed E-state index contributed by atoms with van der Waals surface area (Å²) in [6.45, 7) is 1.85. The number of H-pyrrole nitrogens is 1. The van der Waals surface area contributed by atoms with E-state index >= 15 is 0 Å². The van der Waals surface area contributed by atoms with Gasteiger partial charge in [-0.2, -0.15) is 5.10 Å². The molecule has 0 saturated heterocycles. The molecule has 0 aliphatic heterocycles. The molecule has 2 N–H and O–H groups in total. The standard InChI is InChI=1S/C13H14N2O4/c1-7-10(6-14-15-7)9-4-8(13(16)17)5-11(18-2)12(9)19-3/h4-6H,1-3H3,(H,14,15)(H,16,17). The predicted octanol–water partition coefficient (Wildman–Crippen LogP) is 2.10. The summed E-state index contributed by atoms with van der Waals surface area (Å²) in [5.41, 5.74) is 2.36. The molecule has 1 aromatic heterocycles. The van der Waals surface area contributed by atoms with Crippen molar-refractivity contribution in [3.8, 4) is 22.6 Å². The number of aromatic nitrogens is 2. The Balaban J connectivity index is 2.73. The topological polar surface area (TPSA) is 84.4 Å².